The zero-order valence-corrected chi connectivity index (χ0v) is 11.1. The number of hydrogen-bond acceptors (Lipinski definition) is 5. The van der Waals surface area contributed by atoms with Crippen LogP contribution in [-0.2, 0) is 10.0 Å². The van der Waals surface area contributed by atoms with E-state index >= 15 is 0 Å². The van der Waals surface area contributed by atoms with Gasteiger partial charge in [-0.15, -0.1) is 0 Å². The molecule has 0 radical (unpaired) electrons. The Morgan fingerprint density at radius 2 is 2.22 bits per heavy atom. The van der Waals surface area contributed by atoms with Gasteiger partial charge in [0.15, 0.2) is 11.6 Å². The number of halogens is 1. The van der Waals surface area contributed by atoms with Gasteiger partial charge >= 0.3 is 0 Å². The van der Waals surface area contributed by atoms with Crippen molar-refractivity contribution in [3.8, 4) is 0 Å². The summed E-state index contributed by atoms with van der Waals surface area (Å²) in [5.74, 6) is 0.0368. The van der Waals surface area contributed by atoms with Crippen molar-refractivity contribution in [1.82, 2.24) is 14.3 Å². The van der Waals surface area contributed by atoms with Gasteiger partial charge in [0.1, 0.15) is 6.33 Å². The van der Waals surface area contributed by atoms with Crippen molar-refractivity contribution in [2.75, 3.05) is 37.8 Å². The summed E-state index contributed by atoms with van der Waals surface area (Å²) in [7, 11) is -1.60. The summed E-state index contributed by atoms with van der Waals surface area (Å²) in [4.78, 5) is 9.23. The van der Waals surface area contributed by atoms with E-state index in [0.29, 0.717) is 19.6 Å². The van der Waals surface area contributed by atoms with E-state index in [1.165, 1.54) is 16.9 Å². The third-order valence-corrected chi connectivity index (χ3v) is 4.27. The van der Waals surface area contributed by atoms with Gasteiger partial charge in [0.25, 0.3) is 0 Å². The Kier molecular flexibility index (Phi) is 3.49. The summed E-state index contributed by atoms with van der Waals surface area (Å²) >= 11 is 0. The van der Waals surface area contributed by atoms with Crippen molar-refractivity contribution in [2.45, 2.75) is 0 Å². The Hall–Kier alpha value is -1.28. The zero-order chi connectivity index (χ0) is 13.3. The van der Waals surface area contributed by atoms with E-state index in [9.17, 15) is 12.8 Å². The molecule has 0 bridgehead atoms. The van der Waals surface area contributed by atoms with Gasteiger partial charge in [0.2, 0.25) is 10.0 Å². The van der Waals surface area contributed by atoms with Crippen LogP contribution in [0.1, 0.15) is 0 Å². The first kappa shape index (κ1) is 13.2. The molecule has 18 heavy (non-hydrogen) atoms. The van der Waals surface area contributed by atoms with Crippen molar-refractivity contribution >= 4 is 15.8 Å². The van der Waals surface area contributed by atoms with E-state index in [-0.39, 0.29) is 11.7 Å². The third kappa shape index (κ3) is 2.75. The molecule has 1 aromatic heterocycles. The first-order valence-corrected chi connectivity index (χ1v) is 7.34. The smallest absolute Gasteiger partial charge is 0.210 e. The summed E-state index contributed by atoms with van der Waals surface area (Å²) < 4.78 is 37.2. The fourth-order valence-electron chi connectivity index (χ4n) is 1.90. The predicted octanol–water partition coefficient (Wildman–Crippen LogP) is -0.0567. The van der Waals surface area contributed by atoms with E-state index in [1.54, 1.807) is 11.9 Å². The minimum Gasteiger partial charge on any atom is -0.353 e. The molecular formula is C10H15FN4O2S. The number of anilines is 1. The standard InChI is InChI=1S/C10H15FN4O2S/c1-14(18(2,16)17)4-8-5-15(6-8)10-9(11)3-12-7-13-10/h3,7-8H,4-6H2,1-2H3. The lowest BCUT2D eigenvalue weighted by molar-refractivity contribution is 0.324. The second-order valence-electron chi connectivity index (χ2n) is 4.51. The summed E-state index contributed by atoms with van der Waals surface area (Å²) in [6.45, 7) is 1.66. The molecule has 1 aromatic rings. The van der Waals surface area contributed by atoms with Crippen LogP contribution in [0.5, 0.6) is 0 Å². The molecule has 2 rings (SSSR count). The van der Waals surface area contributed by atoms with Crippen LogP contribution >= 0.6 is 0 Å². The van der Waals surface area contributed by atoms with Gasteiger partial charge in [-0.1, -0.05) is 0 Å². The van der Waals surface area contributed by atoms with Crippen molar-refractivity contribution in [1.29, 1.82) is 0 Å². The molecule has 0 N–H and O–H groups in total. The van der Waals surface area contributed by atoms with Crippen LogP contribution in [-0.4, -0.2) is 55.6 Å². The average Bonchev–Trinajstić information content (AvgIpc) is 2.22. The molecule has 1 aliphatic heterocycles. The van der Waals surface area contributed by atoms with Gasteiger partial charge in [-0.05, 0) is 0 Å². The maximum absolute atomic E-state index is 13.4. The highest BCUT2D eigenvalue weighted by Crippen LogP contribution is 2.25. The monoisotopic (exact) mass is 274 g/mol. The molecule has 100 valence electrons. The Labute approximate surface area is 106 Å². The first-order valence-electron chi connectivity index (χ1n) is 5.49. The summed E-state index contributed by atoms with van der Waals surface area (Å²) in [6.07, 6.45) is 3.60. The summed E-state index contributed by atoms with van der Waals surface area (Å²) in [5, 5.41) is 0. The van der Waals surface area contributed by atoms with E-state index in [4.69, 9.17) is 0 Å². The fraction of sp³-hybridized carbons (Fsp3) is 0.600. The van der Waals surface area contributed by atoms with Gasteiger partial charge < -0.3 is 4.90 Å². The Bertz CT molecular complexity index is 530. The molecule has 2 heterocycles. The zero-order valence-electron chi connectivity index (χ0n) is 10.2. The molecule has 8 heteroatoms. The largest absolute Gasteiger partial charge is 0.353 e. The minimum absolute atomic E-state index is 0.207. The van der Waals surface area contributed by atoms with Gasteiger partial charge in [0, 0.05) is 32.6 Å². The lowest BCUT2D eigenvalue weighted by Gasteiger charge is -2.41. The summed E-state index contributed by atoms with van der Waals surface area (Å²) in [6, 6.07) is 0. The quantitative estimate of drug-likeness (QED) is 0.770. The van der Waals surface area contributed by atoms with E-state index < -0.39 is 15.8 Å². The van der Waals surface area contributed by atoms with Gasteiger partial charge in [-0.2, -0.15) is 0 Å². The highest BCUT2D eigenvalue weighted by Gasteiger charge is 2.31. The van der Waals surface area contributed by atoms with Crippen molar-refractivity contribution in [3.63, 3.8) is 0 Å². The molecule has 1 aliphatic rings. The normalized spacial score (nSPS) is 17.0. The highest BCUT2D eigenvalue weighted by atomic mass is 32.2. The lowest BCUT2D eigenvalue weighted by Crippen LogP contribution is -2.52. The van der Waals surface area contributed by atoms with Crippen molar-refractivity contribution < 1.29 is 12.8 Å². The maximum Gasteiger partial charge on any atom is 0.210 e. The SMILES string of the molecule is CN(CC1CN(c2ncncc2F)C1)S(C)(=O)=O. The number of hydrogen-bond donors (Lipinski definition) is 0. The number of rotatable bonds is 4. The maximum atomic E-state index is 13.4. The first-order chi connectivity index (χ1) is 8.38. The lowest BCUT2D eigenvalue weighted by atomic mass is 10.0. The molecule has 0 unspecified atom stereocenters. The molecule has 6 nitrogen and oxygen atoms in total. The van der Waals surface area contributed by atoms with Gasteiger partial charge in [0.05, 0.1) is 12.5 Å². The molecule has 0 amide bonds. The van der Waals surface area contributed by atoms with E-state index in [1.807, 2.05) is 0 Å². The molecule has 1 fully saturated rings. The van der Waals surface area contributed by atoms with Crippen LogP contribution in [0.4, 0.5) is 10.2 Å². The number of aromatic nitrogens is 2. The molecule has 0 saturated carbocycles. The second-order valence-corrected chi connectivity index (χ2v) is 6.60. The Morgan fingerprint density at radius 3 is 2.78 bits per heavy atom. The second kappa shape index (κ2) is 4.77. The van der Waals surface area contributed by atoms with Crippen LogP contribution < -0.4 is 4.90 Å². The predicted molar refractivity (Wildman–Crippen MR) is 65.2 cm³/mol. The molecule has 0 atom stereocenters. The van der Waals surface area contributed by atoms with Crippen LogP contribution in [0, 0.1) is 11.7 Å². The molecular weight excluding hydrogens is 259 g/mol. The van der Waals surface area contributed by atoms with Crippen LogP contribution in [0.2, 0.25) is 0 Å². The van der Waals surface area contributed by atoms with E-state index in [2.05, 4.69) is 9.97 Å². The molecule has 0 aliphatic carbocycles. The third-order valence-electron chi connectivity index (χ3n) is 2.99. The highest BCUT2D eigenvalue weighted by molar-refractivity contribution is 7.88. The molecule has 1 saturated heterocycles. The van der Waals surface area contributed by atoms with Gasteiger partial charge in [-0.3, -0.25) is 0 Å². The topological polar surface area (TPSA) is 66.4 Å². The minimum atomic E-state index is -3.15. The van der Waals surface area contributed by atoms with Crippen molar-refractivity contribution in [3.05, 3.63) is 18.3 Å². The van der Waals surface area contributed by atoms with Crippen LogP contribution in [0.15, 0.2) is 12.5 Å². The Balaban J connectivity index is 1.90. The van der Waals surface area contributed by atoms with Crippen molar-refractivity contribution in [2.24, 2.45) is 5.92 Å². The number of nitrogens with zero attached hydrogens (tertiary/aromatic N) is 4. The molecule has 0 spiro atoms. The Morgan fingerprint density at radius 1 is 1.56 bits per heavy atom. The van der Waals surface area contributed by atoms with E-state index in [0.717, 1.165) is 6.20 Å². The van der Waals surface area contributed by atoms with Crippen LogP contribution in [0.3, 0.4) is 0 Å². The molecule has 0 aromatic carbocycles. The fourth-order valence-corrected chi connectivity index (χ4v) is 2.38. The summed E-state index contributed by atoms with van der Waals surface area (Å²) in [5.41, 5.74) is 0. The number of sulfonamides is 1. The van der Waals surface area contributed by atoms with Crippen LogP contribution in [0.25, 0.3) is 0 Å². The van der Waals surface area contributed by atoms with Gasteiger partial charge in [-0.25, -0.2) is 27.1 Å². The average molecular weight is 274 g/mol.